The molecule has 0 bridgehead atoms. The summed E-state index contributed by atoms with van der Waals surface area (Å²) >= 11 is 3.22. The highest BCUT2D eigenvalue weighted by atomic mass is 79.9. The zero-order valence-corrected chi connectivity index (χ0v) is 15.0. The minimum Gasteiger partial charge on any atom is -0.482 e. The molecule has 3 N–H and O–H groups in total. The molecule has 0 atom stereocenters. The molecule has 0 saturated carbocycles. The summed E-state index contributed by atoms with van der Waals surface area (Å²) in [5.41, 5.74) is 0.451. The number of ether oxygens (including phenoxy) is 1. The van der Waals surface area contributed by atoms with E-state index in [2.05, 4.69) is 31.3 Å². The van der Waals surface area contributed by atoms with Crippen LogP contribution in [0.15, 0.2) is 21.5 Å². The van der Waals surface area contributed by atoms with Gasteiger partial charge >= 0.3 is 0 Å². The molecule has 1 aliphatic heterocycles. The Kier molecular flexibility index (Phi) is 7.07. The maximum absolute atomic E-state index is 12.3. The molecule has 10 heteroatoms. The normalized spacial score (nSPS) is 13.6. The van der Waals surface area contributed by atoms with Crippen LogP contribution in [0.25, 0.3) is 0 Å². The molecule has 1 aromatic rings. The van der Waals surface area contributed by atoms with E-state index >= 15 is 0 Å². The molecule has 0 aromatic heterocycles. The topological polar surface area (TPSA) is 96.5 Å². The molecule has 1 aliphatic rings. The van der Waals surface area contributed by atoms with Gasteiger partial charge in [-0.2, -0.15) is 0 Å². The van der Waals surface area contributed by atoms with E-state index in [-0.39, 0.29) is 29.8 Å². The molecule has 1 heterocycles. The second-order valence-electron chi connectivity index (χ2n) is 4.47. The Balaban J connectivity index is 0.00000242. The van der Waals surface area contributed by atoms with Crippen LogP contribution in [0.3, 0.4) is 0 Å². The van der Waals surface area contributed by atoms with E-state index in [0.29, 0.717) is 28.9 Å². The van der Waals surface area contributed by atoms with Gasteiger partial charge in [0.1, 0.15) is 5.75 Å². The molecule has 22 heavy (non-hydrogen) atoms. The van der Waals surface area contributed by atoms with Crippen molar-refractivity contribution in [3.63, 3.8) is 0 Å². The van der Waals surface area contributed by atoms with E-state index in [4.69, 9.17) is 4.74 Å². The third kappa shape index (κ3) is 4.56. The van der Waals surface area contributed by atoms with E-state index in [1.54, 1.807) is 7.05 Å². The van der Waals surface area contributed by atoms with Gasteiger partial charge in [-0.05, 0) is 42.0 Å². The quantitative estimate of drug-likeness (QED) is 0.606. The second kappa shape index (κ2) is 8.11. The third-order valence-electron chi connectivity index (χ3n) is 2.85. The number of benzene rings is 1. The first-order valence-corrected chi connectivity index (χ1v) is 8.62. The van der Waals surface area contributed by atoms with Gasteiger partial charge in [0.25, 0.3) is 5.91 Å². The Morgan fingerprint density at radius 3 is 2.77 bits per heavy atom. The van der Waals surface area contributed by atoms with Crippen LogP contribution >= 0.6 is 28.3 Å². The number of halogens is 2. The minimum absolute atomic E-state index is 0. The number of hydrogen-bond donors (Lipinski definition) is 3. The van der Waals surface area contributed by atoms with Crippen molar-refractivity contribution in [3.05, 3.63) is 16.6 Å². The van der Waals surface area contributed by atoms with Crippen molar-refractivity contribution in [3.8, 4) is 5.75 Å². The summed E-state index contributed by atoms with van der Waals surface area (Å²) in [6.45, 7) is 0.941. The molecule has 0 saturated heterocycles. The third-order valence-corrected chi connectivity index (χ3v) is 5.27. The highest BCUT2D eigenvalue weighted by Gasteiger charge is 2.23. The van der Waals surface area contributed by atoms with Crippen LogP contribution in [0.2, 0.25) is 0 Å². The number of sulfonamides is 1. The van der Waals surface area contributed by atoms with Gasteiger partial charge < -0.3 is 15.4 Å². The van der Waals surface area contributed by atoms with Crippen molar-refractivity contribution >= 4 is 50.0 Å². The van der Waals surface area contributed by atoms with Gasteiger partial charge in [-0.25, -0.2) is 13.1 Å². The van der Waals surface area contributed by atoms with Gasteiger partial charge in [0.2, 0.25) is 10.0 Å². The zero-order valence-electron chi connectivity index (χ0n) is 11.8. The van der Waals surface area contributed by atoms with Crippen LogP contribution in [-0.2, 0) is 14.8 Å². The number of anilines is 1. The Hall–Kier alpha value is -0.870. The maximum Gasteiger partial charge on any atom is 0.262 e. The number of carbonyl (C=O) groups is 1. The molecule has 0 radical (unpaired) electrons. The molecule has 7 nitrogen and oxygen atoms in total. The summed E-state index contributed by atoms with van der Waals surface area (Å²) in [4.78, 5) is 11.3. The molecule has 1 aromatic carbocycles. The average Bonchev–Trinajstić information content (AvgIpc) is 2.42. The molecule has 1 amide bonds. The van der Waals surface area contributed by atoms with Gasteiger partial charge in [-0.15, -0.1) is 12.4 Å². The van der Waals surface area contributed by atoms with Crippen molar-refractivity contribution in [1.29, 1.82) is 0 Å². The monoisotopic (exact) mass is 413 g/mol. The molecule has 0 spiro atoms. The molecule has 124 valence electrons. The fourth-order valence-electron chi connectivity index (χ4n) is 1.84. The van der Waals surface area contributed by atoms with Gasteiger partial charge in [0.15, 0.2) is 6.61 Å². The fourth-order valence-corrected chi connectivity index (χ4v) is 3.97. The van der Waals surface area contributed by atoms with Crippen molar-refractivity contribution < 1.29 is 17.9 Å². The highest BCUT2D eigenvalue weighted by molar-refractivity contribution is 9.10. The molecule has 0 fully saturated rings. The van der Waals surface area contributed by atoms with Gasteiger partial charge in [0, 0.05) is 17.1 Å². The number of nitrogens with one attached hydrogen (secondary N) is 3. The van der Waals surface area contributed by atoms with E-state index in [0.717, 1.165) is 6.54 Å². The van der Waals surface area contributed by atoms with Crippen LogP contribution in [0.4, 0.5) is 5.69 Å². The number of hydrogen-bond acceptors (Lipinski definition) is 5. The standard InChI is InChI=1S/C12H16BrN3O4S.ClH/c1-14-3-2-4-15-21(18,19)11-6-10-9(5-8(11)13)16-12(17)7-20-10;/h5-6,14-15H,2-4,7H2,1H3,(H,16,17);1H. The Morgan fingerprint density at radius 2 is 2.09 bits per heavy atom. The van der Waals surface area contributed by atoms with E-state index < -0.39 is 10.0 Å². The van der Waals surface area contributed by atoms with Crippen LogP contribution in [0.1, 0.15) is 6.42 Å². The van der Waals surface area contributed by atoms with Crippen molar-refractivity contribution in [2.24, 2.45) is 0 Å². The van der Waals surface area contributed by atoms with E-state index in [1.807, 2.05) is 0 Å². The van der Waals surface area contributed by atoms with Gasteiger partial charge in [-0.3, -0.25) is 4.79 Å². The van der Waals surface area contributed by atoms with Crippen molar-refractivity contribution in [1.82, 2.24) is 10.0 Å². The summed E-state index contributed by atoms with van der Waals surface area (Å²) in [5.74, 6) is 0.0728. The predicted molar refractivity (Wildman–Crippen MR) is 89.2 cm³/mol. The summed E-state index contributed by atoms with van der Waals surface area (Å²) in [6.07, 6.45) is 0.685. The van der Waals surface area contributed by atoms with Crippen LogP contribution in [-0.4, -0.2) is 41.1 Å². The van der Waals surface area contributed by atoms with E-state index in [1.165, 1.54) is 12.1 Å². The van der Waals surface area contributed by atoms with Gasteiger partial charge in [-0.1, -0.05) is 0 Å². The fraction of sp³-hybridized carbons (Fsp3) is 0.417. The number of fused-ring (bicyclic) bond motifs is 1. The smallest absolute Gasteiger partial charge is 0.262 e. The first kappa shape index (κ1) is 19.2. The van der Waals surface area contributed by atoms with Crippen molar-refractivity contribution in [2.75, 3.05) is 32.1 Å². The summed E-state index contributed by atoms with van der Waals surface area (Å²) in [5, 5.41) is 5.57. The Bertz CT molecular complexity index is 654. The zero-order chi connectivity index (χ0) is 15.5. The molecule has 0 unspecified atom stereocenters. The van der Waals surface area contributed by atoms with Crippen molar-refractivity contribution in [2.45, 2.75) is 11.3 Å². The summed E-state index contributed by atoms with van der Waals surface area (Å²) in [7, 11) is -1.83. The number of carbonyl (C=O) groups excluding carboxylic acids is 1. The number of rotatable bonds is 6. The van der Waals surface area contributed by atoms with E-state index in [9.17, 15) is 13.2 Å². The summed E-state index contributed by atoms with van der Waals surface area (Å²) in [6, 6.07) is 2.92. The second-order valence-corrected chi connectivity index (χ2v) is 7.06. The van der Waals surface area contributed by atoms with Crippen LogP contribution in [0.5, 0.6) is 5.75 Å². The van der Waals surface area contributed by atoms with Crippen LogP contribution in [0, 0.1) is 0 Å². The lowest BCUT2D eigenvalue weighted by molar-refractivity contribution is -0.118. The predicted octanol–water partition coefficient (Wildman–Crippen LogP) is 1.09. The van der Waals surface area contributed by atoms with Crippen LogP contribution < -0.4 is 20.1 Å². The lowest BCUT2D eigenvalue weighted by Gasteiger charge is -2.19. The largest absolute Gasteiger partial charge is 0.482 e. The number of amides is 1. The summed E-state index contributed by atoms with van der Waals surface area (Å²) < 4.78 is 32.7. The maximum atomic E-state index is 12.3. The first-order chi connectivity index (χ1) is 9.94. The molecular weight excluding hydrogens is 398 g/mol. The Morgan fingerprint density at radius 1 is 1.36 bits per heavy atom. The van der Waals surface area contributed by atoms with Gasteiger partial charge in [0.05, 0.1) is 10.6 Å². The Labute approximate surface area is 143 Å². The highest BCUT2D eigenvalue weighted by Crippen LogP contribution is 2.35. The lowest BCUT2D eigenvalue weighted by Crippen LogP contribution is -2.28. The first-order valence-electron chi connectivity index (χ1n) is 6.34. The average molecular weight is 415 g/mol. The minimum atomic E-state index is -3.64. The lowest BCUT2D eigenvalue weighted by atomic mass is 10.2. The molecular formula is C12H17BrClN3O4S. The molecule has 2 rings (SSSR count). The molecule has 0 aliphatic carbocycles. The SMILES string of the molecule is CNCCCNS(=O)(=O)c1cc2c(cc1Br)NC(=O)CO2.Cl.